The molecule has 152 valence electrons. The molecule has 29 heavy (non-hydrogen) atoms. The summed E-state index contributed by atoms with van der Waals surface area (Å²) in [6.45, 7) is 7.44. The van der Waals surface area contributed by atoms with Gasteiger partial charge in [-0.1, -0.05) is 30.3 Å². The Bertz CT molecular complexity index is 976. The van der Waals surface area contributed by atoms with E-state index in [1.165, 1.54) is 0 Å². The van der Waals surface area contributed by atoms with Gasteiger partial charge in [0.05, 0.1) is 18.8 Å². The zero-order valence-corrected chi connectivity index (χ0v) is 16.7. The first-order valence-corrected chi connectivity index (χ1v) is 10.1. The number of fused-ring (bicyclic) bond motifs is 1. The van der Waals surface area contributed by atoms with E-state index in [1.54, 1.807) is 0 Å². The van der Waals surface area contributed by atoms with Gasteiger partial charge in [0.2, 0.25) is 0 Å². The normalized spacial score (nSPS) is 14.8. The molecule has 0 spiro atoms. The van der Waals surface area contributed by atoms with Gasteiger partial charge in [-0.2, -0.15) is 0 Å². The number of carbonyl (C=O) groups excluding carboxylic acids is 1. The molecule has 2 N–H and O–H groups in total. The predicted octanol–water partition coefficient (Wildman–Crippen LogP) is 3.12. The number of amides is 1. The largest absolute Gasteiger partial charge is 0.492 e. The third-order valence-electron chi connectivity index (χ3n) is 5.25. The number of H-pyrrole nitrogens is 1. The van der Waals surface area contributed by atoms with Crippen LogP contribution in [0.15, 0.2) is 48.5 Å². The molecule has 3 aromatic rings. The van der Waals surface area contributed by atoms with Gasteiger partial charge in [-0.15, -0.1) is 0 Å². The molecule has 0 atom stereocenters. The third kappa shape index (κ3) is 4.78. The lowest BCUT2D eigenvalue weighted by molar-refractivity contribution is 0.0322. The first-order chi connectivity index (χ1) is 14.2. The van der Waals surface area contributed by atoms with E-state index in [1.807, 2.05) is 55.5 Å². The summed E-state index contributed by atoms with van der Waals surface area (Å²) in [6, 6.07) is 15.8. The summed E-state index contributed by atoms with van der Waals surface area (Å²) in [6.07, 6.45) is 0. The number of carbonyl (C=O) groups is 1. The van der Waals surface area contributed by atoms with Gasteiger partial charge < -0.3 is 19.8 Å². The van der Waals surface area contributed by atoms with Gasteiger partial charge >= 0.3 is 0 Å². The number of hydrogen-bond acceptors (Lipinski definition) is 4. The molecule has 2 heterocycles. The highest BCUT2D eigenvalue weighted by Crippen LogP contribution is 2.22. The van der Waals surface area contributed by atoms with Crippen molar-refractivity contribution in [3.05, 3.63) is 65.4 Å². The number of aryl methyl sites for hydroxylation is 1. The number of para-hydroxylation sites is 1. The lowest BCUT2D eigenvalue weighted by atomic mass is 10.1. The smallest absolute Gasteiger partial charge is 0.253 e. The van der Waals surface area contributed by atoms with Crippen LogP contribution in [0.25, 0.3) is 10.9 Å². The number of hydrogen-bond donors (Lipinski definition) is 2. The fourth-order valence-electron chi connectivity index (χ4n) is 3.70. The molecule has 1 saturated heterocycles. The topological polar surface area (TPSA) is 66.6 Å². The van der Waals surface area contributed by atoms with Crippen LogP contribution in [-0.2, 0) is 11.3 Å². The number of benzene rings is 2. The molecule has 6 heteroatoms. The number of rotatable bonds is 7. The van der Waals surface area contributed by atoms with E-state index in [4.69, 9.17) is 9.47 Å². The molecule has 1 aromatic heterocycles. The van der Waals surface area contributed by atoms with E-state index in [0.29, 0.717) is 18.7 Å². The maximum Gasteiger partial charge on any atom is 0.253 e. The first-order valence-electron chi connectivity index (χ1n) is 10.1. The summed E-state index contributed by atoms with van der Waals surface area (Å²) in [5.74, 6) is 0.756. The zero-order valence-electron chi connectivity index (χ0n) is 16.7. The summed E-state index contributed by atoms with van der Waals surface area (Å²) in [4.78, 5) is 18.4. The van der Waals surface area contributed by atoms with Gasteiger partial charge in [-0.05, 0) is 30.7 Å². The Hall–Kier alpha value is -2.83. The molecule has 1 aliphatic heterocycles. The average molecular weight is 393 g/mol. The van der Waals surface area contributed by atoms with Crippen molar-refractivity contribution in [2.45, 2.75) is 13.5 Å². The fourth-order valence-corrected chi connectivity index (χ4v) is 3.70. The molecule has 1 amide bonds. The van der Waals surface area contributed by atoms with Crippen LogP contribution in [0.1, 0.15) is 21.6 Å². The standard InChI is InChI=1S/C23H27N3O3/c1-17-22(20-7-2-3-8-21(20)25-17)23(27)24-16-18-5-4-6-19(15-18)29-14-11-26-9-12-28-13-10-26/h2-8,15,25H,9-14,16H2,1H3,(H,24,27). The van der Waals surface area contributed by atoms with Crippen LogP contribution in [0.4, 0.5) is 0 Å². The molecule has 0 bridgehead atoms. The quantitative estimate of drug-likeness (QED) is 0.647. The summed E-state index contributed by atoms with van der Waals surface area (Å²) in [5.41, 5.74) is 3.58. The number of ether oxygens (including phenoxy) is 2. The molecule has 0 saturated carbocycles. The molecule has 2 aromatic carbocycles. The second-order valence-corrected chi connectivity index (χ2v) is 7.30. The van der Waals surface area contributed by atoms with Crippen molar-refractivity contribution in [3.8, 4) is 5.75 Å². The molecule has 1 aliphatic rings. The summed E-state index contributed by atoms with van der Waals surface area (Å²) >= 11 is 0. The lowest BCUT2D eigenvalue weighted by Gasteiger charge is -2.26. The summed E-state index contributed by atoms with van der Waals surface area (Å²) in [7, 11) is 0. The second-order valence-electron chi connectivity index (χ2n) is 7.30. The number of aromatic amines is 1. The molecule has 4 rings (SSSR count). The van der Waals surface area contributed by atoms with E-state index >= 15 is 0 Å². The molecule has 0 radical (unpaired) electrons. The Labute approximate surface area is 170 Å². The van der Waals surface area contributed by atoms with Crippen molar-refractivity contribution >= 4 is 16.8 Å². The van der Waals surface area contributed by atoms with Crippen LogP contribution in [0, 0.1) is 6.92 Å². The Morgan fingerprint density at radius 1 is 1.17 bits per heavy atom. The Morgan fingerprint density at radius 2 is 2.00 bits per heavy atom. The van der Waals surface area contributed by atoms with Crippen LogP contribution in [0.3, 0.4) is 0 Å². The van der Waals surface area contributed by atoms with Crippen LogP contribution in [0.2, 0.25) is 0 Å². The second kappa shape index (κ2) is 9.11. The maximum atomic E-state index is 12.8. The zero-order chi connectivity index (χ0) is 20.1. The molecule has 0 unspecified atom stereocenters. The van der Waals surface area contributed by atoms with E-state index in [9.17, 15) is 4.79 Å². The highest BCUT2D eigenvalue weighted by molar-refractivity contribution is 6.08. The van der Waals surface area contributed by atoms with Crippen molar-refractivity contribution < 1.29 is 14.3 Å². The number of aromatic nitrogens is 1. The summed E-state index contributed by atoms with van der Waals surface area (Å²) in [5, 5.41) is 3.98. The third-order valence-corrected chi connectivity index (χ3v) is 5.25. The van der Waals surface area contributed by atoms with E-state index in [0.717, 1.165) is 60.8 Å². The highest BCUT2D eigenvalue weighted by Gasteiger charge is 2.15. The van der Waals surface area contributed by atoms with Crippen molar-refractivity contribution in [3.63, 3.8) is 0 Å². The minimum atomic E-state index is -0.0708. The summed E-state index contributed by atoms with van der Waals surface area (Å²) < 4.78 is 11.3. The van der Waals surface area contributed by atoms with Gasteiger partial charge in [0.1, 0.15) is 12.4 Å². The van der Waals surface area contributed by atoms with Crippen LogP contribution < -0.4 is 10.1 Å². The van der Waals surface area contributed by atoms with Crippen molar-refractivity contribution in [1.82, 2.24) is 15.2 Å². The van der Waals surface area contributed by atoms with Gasteiger partial charge in [0.25, 0.3) is 5.91 Å². The molecular formula is C23H27N3O3. The molecule has 0 aliphatic carbocycles. The Kier molecular flexibility index (Phi) is 6.12. The minimum absolute atomic E-state index is 0.0708. The molecule has 6 nitrogen and oxygen atoms in total. The number of morpholine rings is 1. The van der Waals surface area contributed by atoms with Gasteiger partial charge in [0, 0.05) is 42.8 Å². The van der Waals surface area contributed by atoms with Crippen molar-refractivity contribution in [2.24, 2.45) is 0 Å². The van der Waals surface area contributed by atoms with Crippen molar-refractivity contribution in [2.75, 3.05) is 39.5 Å². The minimum Gasteiger partial charge on any atom is -0.492 e. The van der Waals surface area contributed by atoms with E-state index < -0.39 is 0 Å². The Morgan fingerprint density at radius 3 is 2.86 bits per heavy atom. The van der Waals surface area contributed by atoms with E-state index in [-0.39, 0.29) is 5.91 Å². The van der Waals surface area contributed by atoms with Crippen LogP contribution in [-0.4, -0.2) is 55.2 Å². The van der Waals surface area contributed by atoms with Crippen LogP contribution in [0.5, 0.6) is 5.75 Å². The molecule has 1 fully saturated rings. The lowest BCUT2D eigenvalue weighted by Crippen LogP contribution is -2.38. The van der Waals surface area contributed by atoms with E-state index in [2.05, 4.69) is 15.2 Å². The first kappa shape index (κ1) is 19.5. The predicted molar refractivity (Wildman–Crippen MR) is 113 cm³/mol. The Balaban J connectivity index is 1.33. The fraction of sp³-hybridized carbons (Fsp3) is 0.348. The van der Waals surface area contributed by atoms with Gasteiger partial charge in [-0.25, -0.2) is 0 Å². The van der Waals surface area contributed by atoms with Gasteiger partial charge in [0.15, 0.2) is 0 Å². The monoisotopic (exact) mass is 393 g/mol. The van der Waals surface area contributed by atoms with Crippen molar-refractivity contribution in [1.29, 1.82) is 0 Å². The SMILES string of the molecule is Cc1[nH]c2ccccc2c1C(=O)NCc1cccc(OCCN2CCOCC2)c1. The average Bonchev–Trinajstić information content (AvgIpc) is 3.09. The van der Waals surface area contributed by atoms with Crippen LogP contribution >= 0.6 is 0 Å². The maximum absolute atomic E-state index is 12.8. The number of nitrogens with one attached hydrogen (secondary N) is 2. The molecular weight excluding hydrogens is 366 g/mol. The van der Waals surface area contributed by atoms with Gasteiger partial charge in [-0.3, -0.25) is 9.69 Å². The number of nitrogens with zero attached hydrogens (tertiary/aromatic N) is 1. The highest BCUT2D eigenvalue weighted by atomic mass is 16.5.